The molecule has 2 rings (SSSR count). The number of methoxy groups -OCH3 is 1. The Bertz CT molecular complexity index is 621. The number of aliphatic hydroxyl groups is 1. The molecular weight excluding hydrogens is 293 g/mol. The van der Waals surface area contributed by atoms with Crippen LogP contribution >= 0.6 is 11.6 Å². The average Bonchev–Trinajstić information content (AvgIpc) is 2.47. The topological polar surface area (TPSA) is 55.5 Å². The molecular formula is C16H17ClFNO2. The molecule has 0 radical (unpaired) electrons. The minimum Gasteiger partial charge on any atom is -0.497 e. The number of hydrogen-bond acceptors (Lipinski definition) is 3. The zero-order chi connectivity index (χ0) is 15.4. The largest absolute Gasteiger partial charge is 0.497 e. The third kappa shape index (κ3) is 3.53. The van der Waals surface area contributed by atoms with Crippen LogP contribution in [-0.2, 0) is 0 Å². The number of benzene rings is 2. The lowest BCUT2D eigenvalue weighted by molar-refractivity contribution is 0.143. The number of hydrogen-bond donors (Lipinski definition) is 2. The lowest BCUT2D eigenvalue weighted by Gasteiger charge is -2.23. The highest BCUT2D eigenvalue weighted by atomic mass is 35.5. The zero-order valence-electron chi connectivity index (χ0n) is 11.6. The van der Waals surface area contributed by atoms with Gasteiger partial charge in [0.25, 0.3) is 0 Å². The van der Waals surface area contributed by atoms with Gasteiger partial charge in [0.15, 0.2) is 0 Å². The Morgan fingerprint density at radius 1 is 1.29 bits per heavy atom. The van der Waals surface area contributed by atoms with Gasteiger partial charge in [-0.25, -0.2) is 4.39 Å². The minimum absolute atomic E-state index is 0.174. The van der Waals surface area contributed by atoms with Crippen molar-refractivity contribution >= 4 is 11.6 Å². The SMILES string of the molecule is COc1ccc(C(O)C(CN)c2cccc(Cl)c2)c(F)c1. The van der Waals surface area contributed by atoms with Crippen molar-refractivity contribution in [2.75, 3.05) is 13.7 Å². The molecule has 0 heterocycles. The van der Waals surface area contributed by atoms with Crippen molar-refractivity contribution in [3.05, 3.63) is 64.4 Å². The molecule has 5 heteroatoms. The summed E-state index contributed by atoms with van der Waals surface area (Å²) in [5.74, 6) is -0.565. The third-order valence-corrected chi connectivity index (χ3v) is 3.67. The summed E-state index contributed by atoms with van der Waals surface area (Å²) in [5.41, 5.74) is 6.71. The van der Waals surface area contributed by atoms with Crippen LogP contribution in [0.15, 0.2) is 42.5 Å². The number of aliphatic hydroxyl groups excluding tert-OH is 1. The van der Waals surface area contributed by atoms with E-state index in [0.29, 0.717) is 10.8 Å². The average molecular weight is 310 g/mol. The fourth-order valence-corrected chi connectivity index (χ4v) is 2.47. The molecule has 0 fully saturated rings. The number of halogens is 2. The van der Waals surface area contributed by atoms with E-state index in [2.05, 4.69) is 0 Å². The highest BCUT2D eigenvalue weighted by molar-refractivity contribution is 6.30. The fraction of sp³-hybridized carbons (Fsp3) is 0.250. The Morgan fingerprint density at radius 2 is 2.05 bits per heavy atom. The van der Waals surface area contributed by atoms with Gasteiger partial charge in [-0.05, 0) is 29.8 Å². The second-order valence-corrected chi connectivity index (χ2v) is 5.17. The van der Waals surface area contributed by atoms with Crippen molar-refractivity contribution in [3.8, 4) is 5.75 Å². The molecule has 0 saturated heterocycles. The van der Waals surface area contributed by atoms with E-state index in [1.165, 1.54) is 19.2 Å². The molecule has 0 aliphatic heterocycles. The third-order valence-electron chi connectivity index (χ3n) is 3.44. The lowest BCUT2D eigenvalue weighted by Crippen LogP contribution is -2.21. The van der Waals surface area contributed by atoms with E-state index in [-0.39, 0.29) is 12.1 Å². The van der Waals surface area contributed by atoms with E-state index < -0.39 is 17.8 Å². The van der Waals surface area contributed by atoms with Gasteiger partial charge in [-0.2, -0.15) is 0 Å². The van der Waals surface area contributed by atoms with Crippen LogP contribution in [0.1, 0.15) is 23.1 Å². The molecule has 0 aliphatic carbocycles. The van der Waals surface area contributed by atoms with E-state index >= 15 is 0 Å². The number of ether oxygens (including phenoxy) is 1. The van der Waals surface area contributed by atoms with Gasteiger partial charge >= 0.3 is 0 Å². The van der Waals surface area contributed by atoms with E-state index in [9.17, 15) is 9.50 Å². The first-order valence-electron chi connectivity index (χ1n) is 6.54. The van der Waals surface area contributed by atoms with Crippen LogP contribution in [-0.4, -0.2) is 18.8 Å². The zero-order valence-corrected chi connectivity index (χ0v) is 12.3. The first kappa shape index (κ1) is 15.8. The van der Waals surface area contributed by atoms with Gasteiger partial charge in [-0.15, -0.1) is 0 Å². The molecule has 3 nitrogen and oxygen atoms in total. The molecule has 0 spiro atoms. The Hall–Kier alpha value is -1.62. The maximum absolute atomic E-state index is 14.1. The predicted octanol–water partition coefficient (Wildman–Crippen LogP) is 3.26. The van der Waals surface area contributed by atoms with Gasteiger partial charge in [0.05, 0.1) is 13.2 Å². The second kappa shape index (κ2) is 6.89. The van der Waals surface area contributed by atoms with Crippen LogP contribution in [0.5, 0.6) is 5.75 Å². The highest BCUT2D eigenvalue weighted by Gasteiger charge is 2.24. The summed E-state index contributed by atoms with van der Waals surface area (Å²) in [6.07, 6.45) is -1.06. The molecule has 2 atom stereocenters. The Morgan fingerprint density at radius 3 is 2.62 bits per heavy atom. The standard InChI is InChI=1S/C16H17ClFNO2/c1-21-12-5-6-13(15(18)8-12)16(20)14(9-19)10-3-2-4-11(17)7-10/h2-8,14,16,20H,9,19H2,1H3. The molecule has 112 valence electrons. The lowest BCUT2D eigenvalue weighted by atomic mass is 9.89. The van der Waals surface area contributed by atoms with Crippen LogP contribution in [0.2, 0.25) is 5.02 Å². The van der Waals surface area contributed by atoms with E-state index in [0.717, 1.165) is 5.56 Å². The second-order valence-electron chi connectivity index (χ2n) is 4.73. The monoisotopic (exact) mass is 309 g/mol. The molecule has 0 saturated carbocycles. The van der Waals surface area contributed by atoms with Gasteiger partial charge in [-0.3, -0.25) is 0 Å². The van der Waals surface area contributed by atoms with Gasteiger partial charge in [0.1, 0.15) is 11.6 Å². The minimum atomic E-state index is -1.06. The van der Waals surface area contributed by atoms with E-state index in [1.54, 1.807) is 24.3 Å². The summed E-state index contributed by atoms with van der Waals surface area (Å²) in [4.78, 5) is 0. The summed E-state index contributed by atoms with van der Waals surface area (Å²) in [6, 6.07) is 11.4. The quantitative estimate of drug-likeness (QED) is 0.891. The fourth-order valence-electron chi connectivity index (χ4n) is 2.28. The number of nitrogens with two attached hydrogens (primary N) is 1. The molecule has 2 aromatic rings. The summed E-state index contributed by atoms with van der Waals surface area (Å²) < 4.78 is 19.0. The maximum Gasteiger partial charge on any atom is 0.132 e. The van der Waals surface area contributed by atoms with Crippen LogP contribution in [0.25, 0.3) is 0 Å². The normalized spacial score (nSPS) is 13.8. The van der Waals surface area contributed by atoms with Crippen LogP contribution in [0.4, 0.5) is 4.39 Å². The summed E-state index contributed by atoms with van der Waals surface area (Å²) in [7, 11) is 1.46. The predicted molar refractivity (Wildman–Crippen MR) is 81.2 cm³/mol. The van der Waals surface area contributed by atoms with Crippen molar-refractivity contribution in [1.82, 2.24) is 0 Å². The van der Waals surface area contributed by atoms with Crippen molar-refractivity contribution in [1.29, 1.82) is 0 Å². The molecule has 0 bridgehead atoms. The van der Waals surface area contributed by atoms with Crippen molar-refractivity contribution in [3.63, 3.8) is 0 Å². The maximum atomic E-state index is 14.1. The molecule has 0 aromatic heterocycles. The molecule has 21 heavy (non-hydrogen) atoms. The Kier molecular flexibility index (Phi) is 5.17. The van der Waals surface area contributed by atoms with Crippen LogP contribution in [0, 0.1) is 5.82 Å². The summed E-state index contributed by atoms with van der Waals surface area (Å²) in [6.45, 7) is 0.174. The first-order valence-corrected chi connectivity index (χ1v) is 6.91. The Labute approximate surface area is 128 Å². The Balaban J connectivity index is 2.34. The van der Waals surface area contributed by atoms with E-state index in [4.69, 9.17) is 22.1 Å². The smallest absolute Gasteiger partial charge is 0.132 e. The van der Waals surface area contributed by atoms with Crippen LogP contribution in [0.3, 0.4) is 0 Å². The molecule has 2 aromatic carbocycles. The summed E-state index contributed by atoms with van der Waals surface area (Å²) in [5, 5.41) is 11.0. The molecule has 3 N–H and O–H groups in total. The van der Waals surface area contributed by atoms with Gasteiger partial charge in [-0.1, -0.05) is 23.7 Å². The van der Waals surface area contributed by atoms with E-state index in [1.807, 2.05) is 6.07 Å². The van der Waals surface area contributed by atoms with Crippen molar-refractivity contribution in [2.45, 2.75) is 12.0 Å². The first-order chi connectivity index (χ1) is 10.1. The highest BCUT2D eigenvalue weighted by Crippen LogP contribution is 2.33. The van der Waals surface area contributed by atoms with Crippen molar-refractivity contribution in [2.24, 2.45) is 5.73 Å². The summed E-state index contributed by atoms with van der Waals surface area (Å²) >= 11 is 5.95. The van der Waals surface area contributed by atoms with Gasteiger partial charge in [0.2, 0.25) is 0 Å². The van der Waals surface area contributed by atoms with Crippen LogP contribution < -0.4 is 10.5 Å². The molecule has 2 unspecified atom stereocenters. The van der Waals surface area contributed by atoms with Crippen molar-refractivity contribution < 1.29 is 14.2 Å². The number of rotatable bonds is 5. The molecule has 0 amide bonds. The van der Waals surface area contributed by atoms with Gasteiger partial charge in [0, 0.05) is 29.1 Å². The van der Waals surface area contributed by atoms with Gasteiger partial charge < -0.3 is 15.6 Å². The molecule has 0 aliphatic rings.